The Morgan fingerprint density at radius 2 is 1.83 bits per heavy atom. The van der Waals surface area contributed by atoms with E-state index in [-0.39, 0.29) is 10.8 Å². The second kappa shape index (κ2) is 9.89. The van der Waals surface area contributed by atoms with Crippen molar-refractivity contribution in [3.05, 3.63) is 59.2 Å². The SMILES string of the molecule is CCN(CCNC(=O)c1cccc(NS(=O)(=O)c2cc(C)ccc2C)c1)C(C)C. The van der Waals surface area contributed by atoms with Gasteiger partial charge in [-0.1, -0.05) is 25.1 Å². The number of nitrogens with one attached hydrogen (secondary N) is 2. The van der Waals surface area contributed by atoms with E-state index in [1.807, 2.05) is 13.0 Å². The molecule has 0 aliphatic rings. The predicted molar refractivity (Wildman–Crippen MR) is 118 cm³/mol. The number of hydrogen-bond acceptors (Lipinski definition) is 4. The number of benzene rings is 2. The molecule has 1 amide bonds. The first kappa shape index (κ1) is 22.9. The van der Waals surface area contributed by atoms with Crippen molar-refractivity contribution in [3.8, 4) is 0 Å². The molecule has 0 atom stereocenters. The fourth-order valence-corrected chi connectivity index (χ4v) is 4.51. The molecule has 158 valence electrons. The molecular weight excluding hydrogens is 386 g/mol. The summed E-state index contributed by atoms with van der Waals surface area (Å²) >= 11 is 0. The molecule has 29 heavy (non-hydrogen) atoms. The summed E-state index contributed by atoms with van der Waals surface area (Å²) in [4.78, 5) is 15.0. The zero-order valence-corrected chi connectivity index (χ0v) is 18.6. The number of anilines is 1. The summed E-state index contributed by atoms with van der Waals surface area (Å²) in [5, 5.41) is 2.90. The molecule has 0 unspecified atom stereocenters. The third-order valence-electron chi connectivity index (χ3n) is 4.83. The third-order valence-corrected chi connectivity index (χ3v) is 6.35. The molecule has 0 aliphatic carbocycles. The summed E-state index contributed by atoms with van der Waals surface area (Å²) in [5.74, 6) is -0.224. The van der Waals surface area contributed by atoms with Crippen LogP contribution >= 0.6 is 0 Å². The first-order valence-corrected chi connectivity index (χ1v) is 11.3. The van der Waals surface area contributed by atoms with Crippen LogP contribution in [0.4, 0.5) is 5.69 Å². The van der Waals surface area contributed by atoms with E-state index in [1.54, 1.807) is 43.3 Å². The van der Waals surface area contributed by atoms with Gasteiger partial charge in [-0.15, -0.1) is 0 Å². The van der Waals surface area contributed by atoms with Gasteiger partial charge >= 0.3 is 0 Å². The molecule has 0 aromatic heterocycles. The highest BCUT2D eigenvalue weighted by atomic mass is 32.2. The summed E-state index contributed by atoms with van der Waals surface area (Å²) in [7, 11) is -3.74. The molecule has 0 aliphatic heterocycles. The van der Waals surface area contributed by atoms with Crippen molar-refractivity contribution in [1.82, 2.24) is 10.2 Å². The Morgan fingerprint density at radius 3 is 2.48 bits per heavy atom. The van der Waals surface area contributed by atoms with Gasteiger partial charge in [0.05, 0.1) is 4.90 Å². The van der Waals surface area contributed by atoms with Gasteiger partial charge < -0.3 is 5.32 Å². The normalized spacial score (nSPS) is 11.7. The van der Waals surface area contributed by atoms with Gasteiger partial charge in [-0.2, -0.15) is 0 Å². The van der Waals surface area contributed by atoms with Gasteiger partial charge in [0.25, 0.3) is 15.9 Å². The van der Waals surface area contributed by atoms with E-state index in [1.165, 1.54) is 0 Å². The van der Waals surface area contributed by atoms with Crippen LogP contribution in [-0.2, 0) is 10.0 Å². The van der Waals surface area contributed by atoms with Crippen LogP contribution in [0, 0.1) is 13.8 Å². The van der Waals surface area contributed by atoms with Crippen molar-refractivity contribution >= 4 is 21.6 Å². The molecule has 0 radical (unpaired) electrons. The van der Waals surface area contributed by atoms with Crippen molar-refractivity contribution in [3.63, 3.8) is 0 Å². The van der Waals surface area contributed by atoms with Crippen LogP contribution in [0.25, 0.3) is 0 Å². The van der Waals surface area contributed by atoms with Crippen molar-refractivity contribution < 1.29 is 13.2 Å². The Bertz CT molecular complexity index is 956. The predicted octanol–water partition coefficient (Wildman–Crippen LogP) is 3.56. The van der Waals surface area contributed by atoms with Gasteiger partial charge in [-0.3, -0.25) is 14.4 Å². The molecule has 0 spiro atoms. The summed E-state index contributed by atoms with van der Waals surface area (Å²) in [6.45, 7) is 12.2. The van der Waals surface area contributed by atoms with Crippen molar-refractivity contribution in [1.29, 1.82) is 0 Å². The summed E-state index contributed by atoms with van der Waals surface area (Å²) in [6, 6.07) is 12.2. The molecule has 0 fully saturated rings. The minimum atomic E-state index is -3.74. The first-order valence-electron chi connectivity index (χ1n) is 9.86. The van der Waals surface area contributed by atoms with E-state index in [0.29, 0.717) is 29.4 Å². The van der Waals surface area contributed by atoms with Crippen LogP contribution < -0.4 is 10.0 Å². The lowest BCUT2D eigenvalue weighted by Crippen LogP contribution is -2.38. The van der Waals surface area contributed by atoms with Crippen molar-refractivity contribution in [2.75, 3.05) is 24.4 Å². The highest BCUT2D eigenvalue weighted by Crippen LogP contribution is 2.21. The Kier molecular flexibility index (Phi) is 7.81. The Morgan fingerprint density at radius 1 is 1.10 bits per heavy atom. The number of sulfonamides is 1. The number of carbonyl (C=O) groups is 1. The minimum absolute atomic E-state index is 0.224. The largest absolute Gasteiger partial charge is 0.351 e. The Labute approximate surface area is 174 Å². The van der Waals surface area contributed by atoms with Gasteiger partial charge in [0.2, 0.25) is 0 Å². The number of carbonyl (C=O) groups excluding carboxylic acids is 1. The molecular formula is C22H31N3O3S. The second-order valence-corrected chi connectivity index (χ2v) is 9.08. The maximum atomic E-state index is 12.8. The Balaban J connectivity index is 2.09. The van der Waals surface area contributed by atoms with E-state index in [0.717, 1.165) is 18.7 Å². The summed E-state index contributed by atoms with van der Waals surface area (Å²) < 4.78 is 28.1. The Hall–Kier alpha value is -2.38. The van der Waals surface area contributed by atoms with E-state index in [4.69, 9.17) is 0 Å². The topological polar surface area (TPSA) is 78.5 Å². The van der Waals surface area contributed by atoms with Crippen LogP contribution in [0.1, 0.15) is 42.3 Å². The maximum Gasteiger partial charge on any atom is 0.262 e. The lowest BCUT2D eigenvalue weighted by molar-refractivity contribution is 0.0946. The molecule has 7 heteroatoms. The molecule has 0 heterocycles. The molecule has 0 saturated carbocycles. The monoisotopic (exact) mass is 417 g/mol. The molecule has 2 aromatic rings. The van der Waals surface area contributed by atoms with E-state index in [2.05, 4.69) is 35.7 Å². The third kappa shape index (κ3) is 6.30. The lowest BCUT2D eigenvalue weighted by atomic mass is 10.2. The maximum absolute atomic E-state index is 12.8. The number of nitrogens with zero attached hydrogens (tertiary/aromatic N) is 1. The molecule has 0 bridgehead atoms. The van der Waals surface area contributed by atoms with E-state index < -0.39 is 10.0 Å². The van der Waals surface area contributed by atoms with Gasteiger partial charge in [0.1, 0.15) is 0 Å². The fourth-order valence-electron chi connectivity index (χ4n) is 3.13. The van der Waals surface area contributed by atoms with Crippen molar-refractivity contribution in [2.45, 2.75) is 45.6 Å². The first-order chi connectivity index (χ1) is 13.6. The minimum Gasteiger partial charge on any atom is -0.351 e. The average molecular weight is 418 g/mol. The van der Waals surface area contributed by atoms with Gasteiger partial charge in [-0.05, 0) is 69.6 Å². The van der Waals surface area contributed by atoms with E-state index >= 15 is 0 Å². The average Bonchev–Trinajstić information content (AvgIpc) is 2.66. The second-order valence-electron chi connectivity index (χ2n) is 7.43. The highest BCUT2D eigenvalue weighted by Gasteiger charge is 2.18. The summed E-state index contributed by atoms with van der Waals surface area (Å²) in [6.07, 6.45) is 0. The van der Waals surface area contributed by atoms with Crippen molar-refractivity contribution in [2.24, 2.45) is 0 Å². The number of likely N-dealkylation sites (N-methyl/N-ethyl adjacent to an activating group) is 1. The van der Waals surface area contributed by atoms with Gasteiger partial charge in [-0.25, -0.2) is 8.42 Å². The van der Waals surface area contributed by atoms with Crippen LogP contribution in [0.15, 0.2) is 47.4 Å². The quantitative estimate of drug-likeness (QED) is 0.654. The van der Waals surface area contributed by atoms with Gasteiger partial charge in [0.15, 0.2) is 0 Å². The molecule has 6 nitrogen and oxygen atoms in total. The number of hydrogen-bond donors (Lipinski definition) is 2. The van der Waals surface area contributed by atoms with E-state index in [9.17, 15) is 13.2 Å². The summed E-state index contributed by atoms with van der Waals surface area (Å²) in [5.41, 5.74) is 2.31. The highest BCUT2D eigenvalue weighted by molar-refractivity contribution is 7.92. The lowest BCUT2D eigenvalue weighted by Gasteiger charge is -2.24. The van der Waals surface area contributed by atoms with Gasteiger partial charge in [0, 0.05) is 30.4 Å². The molecule has 2 rings (SSSR count). The zero-order chi connectivity index (χ0) is 21.6. The van der Waals surface area contributed by atoms with Crippen LogP contribution in [0.2, 0.25) is 0 Å². The fraction of sp³-hybridized carbons (Fsp3) is 0.409. The molecule has 2 aromatic carbocycles. The number of rotatable bonds is 9. The standard InChI is InChI=1S/C22H31N3O3S/c1-6-25(16(2)3)13-12-23-22(26)19-8-7-9-20(15-19)24-29(27,28)21-14-17(4)10-11-18(21)5/h7-11,14-16,24H,6,12-13H2,1-5H3,(H,23,26). The smallest absolute Gasteiger partial charge is 0.262 e. The van der Waals surface area contributed by atoms with Crippen LogP contribution in [0.5, 0.6) is 0 Å². The molecule has 2 N–H and O–H groups in total. The van der Waals surface area contributed by atoms with Crippen LogP contribution in [-0.4, -0.2) is 44.9 Å². The zero-order valence-electron chi connectivity index (χ0n) is 17.8. The molecule has 0 saturated heterocycles. The van der Waals surface area contributed by atoms with Crippen LogP contribution in [0.3, 0.4) is 0 Å². The number of aryl methyl sites for hydroxylation is 2. The number of amides is 1.